The highest BCUT2D eigenvalue weighted by Crippen LogP contribution is 2.45. The molecule has 0 unspecified atom stereocenters. The Labute approximate surface area is 202 Å². The first-order valence-corrected chi connectivity index (χ1v) is 13.0. The molecule has 3 aromatic rings. The van der Waals surface area contributed by atoms with Crippen molar-refractivity contribution in [2.45, 2.75) is 66.2 Å². The summed E-state index contributed by atoms with van der Waals surface area (Å²) >= 11 is 0. The highest BCUT2D eigenvalue weighted by Gasteiger charge is 2.31. The van der Waals surface area contributed by atoms with Crippen LogP contribution in [-0.2, 0) is 10.8 Å². The summed E-state index contributed by atoms with van der Waals surface area (Å²) in [7, 11) is 2.69. The maximum Gasteiger partial charge on any atom is 0.130 e. The summed E-state index contributed by atoms with van der Waals surface area (Å²) < 4.78 is 12.3. The Morgan fingerprint density at radius 3 is 1.33 bits per heavy atom. The molecule has 0 saturated heterocycles. The van der Waals surface area contributed by atoms with E-state index in [2.05, 4.69) is 110 Å². The summed E-state index contributed by atoms with van der Waals surface area (Å²) in [5, 5.41) is 3.78. The predicted octanol–water partition coefficient (Wildman–Crippen LogP) is 6.67. The summed E-state index contributed by atoms with van der Waals surface area (Å²) in [6.07, 6.45) is 0. The molecule has 33 heavy (non-hydrogen) atoms. The van der Waals surface area contributed by atoms with Crippen molar-refractivity contribution in [1.29, 1.82) is 0 Å². The number of hydrogen-bond acceptors (Lipinski definition) is 2. The van der Waals surface area contributed by atoms with Gasteiger partial charge in [-0.25, -0.2) is 0 Å². The Kier molecular flexibility index (Phi) is 7.30. The largest absolute Gasteiger partial charge is 0.496 e. The molecule has 0 heterocycles. The van der Waals surface area contributed by atoms with Crippen molar-refractivity contribution < 1.29 is 9.47 Å². The van der Waals surface area contributed by atoms with Gasteiger partial charge in [-0.15, -0.1) is 0 Å². The van der Waals surface area contributed by atoms with Crippen LogP contribution in [0.5, 0.6) is 11.5 Å². The van der Waals surface area contributed by atoms with Gasteiger partial charge in [0.2, 0.25) is 0 Å². The molecule has 0 spiro atoms. The smallest absolute Gasteiger partial charge is 0.130 e. The topological polar surface area (TPSA) is 18.5 Å². The van der Waals surface area contributed by atoms with Gasteiger partial charge in [0, 0.05) is 21.7 Å². The minimum atomic E-state index is -0.908. The van der Waals surface area contributed by atoms with Crippen molar-refractivity contribution in [1.82, 2.24) is 0 Å². The Balaban J connectivity index is 2.47. The molecule has 0 aliphatic heterocycles. The molecule has 3 aromatic carbocycles. The zero-order chi connectivity index (χ0) is 24.6. The Morgan fingerprint density at radius 1 is 0.606 bits per heavy atom. The number of rotatable bonds is 5. The van der Waals surface area contributed by atoms with Gasteiger partial charge in [-0.05, 0) is 61.2 Å². The van der Waals surface area contributed by atoms with Crippen LogP contribution in [0.15, 0.2) is 54.6 Å². The second-order valence-electron chi connectivity index (χ2n) is 10.9. The third-order valence-corrected chi connectivity index (χ3v) is 8.39. The molecule has 2 nitrogen and oxygen atoms in total. The summed E-state index contributed by atoms with van der Waals surface area (Å²) in [6.45, 7) is 17.9. The minimum absolute atomic E-state index is 0.0307. The van der Waals surface area contributed by atoms with Crippen LogP contribution in [0.3, 0.4) is 0 Å². The number of benzene rings is 3. The lowest BCUT2D eigenvalue weighted by Gasteiger charge is -2.31. The van der Waals surface area contributed by atoms with E-state index in [0.29, 0.717) is 0 Å². The van der Waals surface area contributed by atoms with Crippen LogP contribution in [0.2, 0.25) is 0 Å². The van der Waals surface area contributed by atoms with Crippen molar-refractivity contribution in [3.63, 3.8) is 0 Å². The van der Waals surface area contributed by atoms with Gasteiger partial charge in [0.25, 0.3) is 0 Å². The van der Waals surface area contributed by atoms with Crippen LogP contribution in [0.25, 0.3) is 0 Å². The summed E-state index contributed by atoms with van der Waals surface area (Å²) in [5.41, 5.74) is 4.93. The zero-order valence-electron chi connectivity index (χ0n) is 22.0. The van der Waals surface area contributed by atoms with Crippen LogP contribution in [0, 0.1) is 13.8 Å². The van der Waals surface area contributed by atoms with Crippen LogP contribution < -0.4 is 25.4 Å². The SMILES string of the molecule is COc1c(P(c2ccccc2)c2cc(C)cc(C(C)(C)C)c2OC)cc(C)cc1C(C)(C)C. The monoisotopic (exact) mass is 462 g/mol. The van der Waals surface area contributed by atoms with E-state index < -0.39 is 7.92 Å². The van der Waals surface area contributed by atoms with Crippen LogP contribution in [0.4, 0.5) is 0 Å². The second-order valence-corrected chi connectivity index (χ2v) is 13.1. The van der Waals surface area contributed by atoms with Gasteiger partial charge in [0.15, 0.2) is 0 Å². The Hall–Kier alpha value is -2.31. The van der Waals surface area contributed by atoms with Gasteiger partial charge >= 0.3 is 0 Å². The van der Waals surface area contributed by atoms with Crippen molar-refractivity contribution in [3.8, 4) is 11.5 Å². The molecule has 0 amide bonds. The predicted molar refractivity (Wildman–Crippen MR) is 145 cm³/mol. The lowest BCUT2D eigenvalue weighted by Crippen LogP contribution is -2.28. The van der Waals surface area contributed by atoms with Gasteiger partial charge in [0.05, 0.1) is 14.2 Å². The van der Waals surface area contributed by atoms with Gasteiger partial charge in [-0.2, -0.15) is 0 Å². The minimum Gasteiger partial charge on any atom is -0.496 e. The molecule has 3 rings (SSSR count). The first kappa shape index (κ1) is 25.3. The van der Waals surface area contributed by atoms with Crippen LogP contribution >= 0.6 is 7.92 Å². The standard InChI is InChI=1S/C30H39O2P/c1-20-16-23(29(3,4)5)27(31-9)25(18-20)33(22-14-12-11-13-15-22)26-19-21(2)17-24(28(26)32-10)30(6,7)8/h11-19H,1-10H3. The van der Waals surface area contributed by atoms with Crippen molar-refractivity contribution in [3.05, 3.63) is 76.9 Å². The highest BCUT2D eigenvalue weighted by molar-refractivity contribution is 7.80. The lowest BCUT2D eigenvalue weighted by molar-refractivity contribution is 0.400. The van der Waals surface area contributed by atoms with Crippen LogP contribution in [0.1, 0.15) is 63.8 Å². The van der Waals surface area contributed by atoms with Crippen molar-refractivity contribution >= 4 is 23.8 Å². The highest BCUT2D eigenvalue weighted by atomic mass is 31.1. The Morgan fingerprint density at radius 2 is 1.00 bits per heavy atom. The van der Waals surface area contributed by atoms with E-state index in [1.807, 2.05) is 0 Å². The van der Waals surface area contributed by atoms with E-state index in [-0.39, 0.29) is 10.8 Å². The molecule has 0 aromatic heterocycles. The van der Waals surface area contributed by atoms with Gasteiger partial charge in [-0.1, -0.05) is 84.0 Å². The fourth-order valence-corrected chi connectivity index (χ4v) is 7.15. The van der Waals surface area contributed by atoms with Crippen molar-refractivity contribution in [2.75, 3.05) is 14.2 Å². The summed E-state index contributed by atoms with van der Waals surface area (Å²) in [6, 6.07) is 20.0. The third-order valence-electron chi connectivity index (χ3n) is 5.95. The first-order valence-electron chi connectivity index (χ1n) is 11.6. The first-order chi connectivity index (χ1) is 15.4. The third kappa shape index (κ3) is 5.28. The van der Waals surface area contributed by atoms with E-state index in [0.717, 1.165) is 11.5 Å². The molecule has 3 heteroatoms. The van der Waals surface area contributed by atoms with Crippen LogP contribution in [-0.4, -0.2) is 14.2 Å². The summed E-state index contributed by atoms with van der Waals surface area (Å²) in [5.74, 6) is 1.98. The maximum absolute atomic E-state index is 6.16. The number of hydrogen-bond donors (Lipinski definition) is 0. The normalized spacial score (nSPS) is 12.2. The van der Waals surface area contributed by atoms with Crippen molar-refractivity contribution in [2.24, 2.45) is 0 Å². The van der Waals surface area contributed by atoms with E-state index in [1.54, 1.807) is 14.2 Å². The lowest BCUT2D eigenvalue weighted by atomic mass is 9.85. The second kappa shape index (κ2) is 9.51. The molecule has 0 N–H and O–H groups in total. The zero-order valence-corrected chi connectivity index (χ0v) is 22.9. The van der Waals surface area contributed by atoms with E-state index in [4.69, 9.17) is 9.47 Å². The molecular formula is C30H39O2P. The maximum atomic E-state index is 6.16. The van der Waals surface area contributed by atoms with E-state index >= 15 is 0 Å². The Bertz CT molecular complexity index is 1050. The molecule has 176 valence electrons. The molecule has 0 atom stereocenters. The van der Waals surface area contributed by atoms with E-state index in [1.165, 1.54) is 38.2 Å². The van der Waals surface area contributed by atoms with Gasteiger partial charge in [0.1, 0.15) is 11.5 Å². The van der Waals surface area contributed by atoms with Gasteiger partial charge < -0.3 is 9.47 Å². The fraction of sp³-hybridized carbons (Fsp3) is 0.400. The average Bonchev–Trinajstić information content (AvgIpc) is 2.73. The van der Waals surface area contributed by atoms with Gasteiger partial charge in [-0.3, -0.25) is 0 Å². The molecular weight excluding hydrogens is 423 g/mol. The number of methoxy groups -OCH3 is 2. The average molecular weight is 463 g/mol. The quantitative estimate of drug-likeness (QED) is 0.394. The molecule has 0 fully saturated rings. The molecule has 0 saturated carbocycles. The molecule has 0 radical (unpaired) electrons. The molecule has 0 aliphatic carbocycles. The molecule has 0 aliphatic rings. The van der Waals surface area contributed by atoms with E-state index in [9.17, 15) is 0 Å². The molecule has 0 bridgehead atoms. The fourth-order valence-electron chi connectivity index (χ4n) is 4.37. The number of ether oxygens (including phenoxy) is 2. The summed E-state index contributed by atoms with van der Waals surface area (Å²) in [4.78, 5) is 0. The number of aryl methyl sites for hydroxylation is 2.